The monoisotopic (exact) mass is 219 g/mol. The molecule has 1 aliphatic rings. The van der Waals surface area contributed by atoms with Crippen molar-refractivity contribution >= 4 is 17.1 Å². The number of carbonyl (C=O) groups excluding carboxylic acids is 2. The van der Waals surface area contributed by atoms with Crippen LogP contribution >= 0.6 is 0 Å². The predicted molar refractivity (Wildman–Crippen MR) is 56.1 cm³/mol. The van der Waals surface area contributed by atoms with Crippen molar-refractivity contribution in [3.8, 4) is 0 Å². The molecule has 0 unspecified atom stereocenters. The Kier molecular flexibility index (Phi) is 2.23. The summed E-state index contributed by atoms with van der Waals surface area (Å²) >= 11 is 0. The van der Waals surface area contributed by atoms with Gasteiger partial charge in [-0.2, -0.15) is 0 Å². The minimum Gasteiger partial charge on any atom is -0.407 e. The number of rotatable bonds is 0. The van der Waals surface area contributed by atoms with Crippen molar-refractivity contribution in [2.45, 2.75) is 13.8 Å². The zero-order valence-electron chi connectivity index (χ0n) is 8.79. The van der Waals surface area contributed by atoms with Crippen LogP contribution in [-0.2, 0) is 4.79 Å². The van der Waals surface area contributed by atoms with E-state index in [1.807, 2.05) is 0 Å². The Hall–Kier alpha value is -2.17. The number of hydrogen-bond donors (Lipinski definition) is 1. The lowest BCUT2D eigenvalue weighted by atomic mass is 9.88. The van der Waals surface area contributed by atoms with Gasteiger partial charge in [-0.25, -0.2) is 4.79 Å². The molecule has 2 rings (SSSR count). The van der Waals surface area contributed by atoms with Crippen LogP contribution in [0, 0.1) is 0 Å². The molecular formula is C11H9NO4. The minimum atomic E-state index is -0.737. The van der Waals surface area contributed by atoms with Crippen LogP contribution < -0.4 is 5.76 Å². The molecule has 1 aliphatic carbocycles. The molecular weight excluding hydrogens is 210 g/mol. The van der Waals surface area contributed by atoms with Gasteiger partial charge < -0.3 is 4.42 Å². The first-order chi connectivity index (χ1) is 7.60. The van der Waals surface area contributed by atoms with Crippen LogP contribution in [0.25, 0.3) is 5.57 Å². The number of aromatic nitrogens is 1. The SMILES string of the molecule is C/C=C1/C(=O)C(=O)c2[nH]c(=O)oc2/C1=C/C. The fourth-order valence-electron chi connectivity index (χ4n) is 1.73. The van der Waals surface area contributed by atoms with Gasteiger partial charge in [-0.05, 0) is 13.8 Å². The molecule has 0 aromatic carbocycles. The molecule has 1 heterocycles. The molecule has 0 spiro atoms. The Bertz CT molecular complexity index is 598. The van der Waals surface area contributed by atoms with E-state index in [4.69, 9.17) is 4.42 Å². The molecule has 0 aliphatic heterocycles. The molecule has 0 saturated carbocycles. The number of Topliss-reactive ketones (excluding diaryl/α,β-unsaturated/α-hetero) is 2. The molecule has 82 valence electrons. The highest BCUT2D eigenvalue weighted by atomic mass is 16.4. The summed E-state index contributed by atoms with van der Waals surface area (Å²) in [5.41, 5.74) is 0.678. The van der Waals surface area contributed by atoms with Crippen molar-refractivity contribution < 1.29 is 14.0 Å². The molecule has 0 amide bonds. The minimum absolute atomic E-state index is 0.0614. The Morgan fingerprint density at radius 2 is 1.62 bits per heavy atom. The highest BCUT2D eigenvalue weighted by Crippen LogP contribution is 2.31. The van der Waals surface area contributed by atoms with Gasteiger partial charge in [-0.3, -0.25) is 14.6 Å². The van der Waals surface area contributed by atoms with E-state index in [1.54, 1.807) is 19.9 Å². The quantitative estimate of drug-likeness (QED) is 0.523. The van der Waals surface area contributed by atoms with Crippen molar-refractivity contribution in [2.75, 3.05) is 0 Å². The average molecular weight is 219 g/mol. The van der Waals surface area contributed by atoms with Gasteiger partial charge in [0.15, 0.2) is 5.76 Å². The highest BCUT2D eigenvalue weighted by Gasteiger charge is 2.35. The Morgan fingerprint density at radius 3 is 2.19 bits per heavy atom. The summed E-state index contributed by atoms with van der Waals surface area (Å²) in [6, 6.07) is 0. The van der Waals surface area contributed by atoms with E-state index in [0.29, 0.717) is 5.57 Å². The normalized spacial score (nSPS) is 20.6. The molecule has 1 N–H and O–H groups in total. The molecule has 0 radical (unpaired) electrons. The molecule has 1 aromatic rings. The van der Waals surface area contributed by atoms with Crippen molar-refractivity contribution in [1.82, 2.24) is 4.98 Å². The molecule has 1 aromatic heterocycles. The van der Waals surface area contributed by atoms with E-state index < -0.39 is 17.3 Å². The fraction of sp³-hybridized carbons (Fsp3) is 0.182. The predicted octanol–water partition coefficient (Wildman–Crippen LogP) is 1.08. The van der Waals surface area contributed by atoms with E-state index in [-0.39, 0.29) is 17.0 Å². The summed E-state index contributed by atoms with van der Waals surface area (Å²) in [7, 11) is 0. The summed E-state index contributed by atoms with van der Waals surface area (Å²) in [4.78, 5) is 36.5. The first-order valence-corrected chi connectivity index (χ1v) is 4.75. The van der Waals surface area contributed by atoms with Crippen LogP contribution in [0.15, 0.2) is 26.9 Å². The van der Waals surface area contributed by atoms with Gasteiger partial charge in [0.1, 0.15) is 5.69 Å². The zero-order chi connectivity index (χ0) is 11.9. The van der Waals surface area contributed by atoms with E-state index in [2.05, 4.69) is 4.98 Å². The Labute approximate surface area is 90.5 Å². The summed E-state index contributed by atoms with van der Waals surface area (Å²) in [6.45, 7) is 3.36. The summed E-state index contributed by atoms with van der Waals surface area (Å²) in [5.74, 6) is -1.95. The number of ketones is 2. The van der Waals surface area contributed by atoms with Crippen LogP contribution in [0.2, 0.25) is 0 Å². The number of H-pyrrole nitrogens is 1. The van der Waals surface area contributed by atoms with Gasteiger partial charge in [-0.15, -0.1) is 0 Å². The smallest absolute Gasteiger partial charge is 0.407 e. The van der Waals surface area contributed by atoms with Crippen LogP contribution in [0.5, 0.6) is 0 Å². The number of aromatic amines is 1. The molecule has 0 atom stereocenters. The third-order valence-electron chi connectivity index (χ3n) is 2.44. The lowest BCUT2D eigenvalue weighted by molar-refractivity contribution is -0.111. The van der Waals surface area contributed by atoms with Crippen molar-refractivity contribution in [1.29, 1.82) is 0 Å². The number of oxazole rings is 1. The maximum Gasteiger partial charge on any atom is 0.417 e. The van der Waals surface area contributed by atoms with Gasteiger partial charge >= 0.3 is 5.76 Å². The Balaban J connectivity index is 2.82. The van der Waals surface area contributed by atoms with Gasteiger partial charge in [-0.1, -0.05) is 12.2 Å². The van der Waals surface area contributed by atoms with Crippen molar-refractivity contribution in [3.63, 3.8) is 0 Å². The second-order valence-corrected chi connectivity index (χ2v) is 3.28. The van der Waals surface area contributed by atoms with Gasteiger partial charge in [0, 0.05) is 11.1 Å². The van der Waals surface area contributed by atoms with Gasteiger partial charge in [0.25, 0.3) is 5.78 Å². The van der Waals surface area contributed by atoms with E-state index in [1.165, 1.54) is 6.08 Å². The number of nitrogens with one attached hydrogen (secondary N) is 1. The second-order valence-electron chi connectivity index (χ2n) is 3.28. The van der Waals surface area contributed by atoms with E-state index in [9.17, 15) is 14.4 Å². The maximum atomic E-state index is 11.7. The number of hydrogen-bond acceptors (Lipinski definition) is 4. The number of fused-ring (bicyclic) bond motifs is 1. The summed E-state index contributed by atoms with van der Waals surface area (Å²) in [6.07, 6.45) is 3.17. The van der Waals surface area contributed by atoms with Gasteiger partial charge in [0.2, 0.25) is 5.78 Å². The van der Waals surface area contributed by atoms with Crippen molar-refractivity contribution in [2.24, 2.45) is 0 Å². The van der Waals surface area contributed by atoms with E-state index >= 15 is 0 Å². The summed E-state index contributed by atoms with van der Waals surface area (Å²) < 4.78 is 4.87. The molecule has 16 heavy (non-hydrogen) atoms. The maximum absolute atomic E-state index is 11.7. The first-order valence-electron chi connectivity index (χ1n) is 4.75. The lowest BCUT2D eigenvalue weighted by Gasteiger charge is -2.13. The molecule has 0 saturated heterocycles. The topological polar surface area (TPSA) is 80.1 Å². The zero-order valence-corrected chi connectivity index (χ0v) is 8.79. The van der Waals surface area contributed by atoms with Crippen LogP contribution in [0.4, 0.5) is 0 Å². The highest BCUT2D eigenvalue weighted by molar-refractivity contribution is 6.54. The van der Waals surface area contributed by atoms with Crippen molar-refractivity contribution in [3.05, 3.63) is 39.7 Å². The molecule has 5 nitrogen and oxygen atoms in total. The van der Waals surface area contributed by atoms with Crippen LogP contribution in [-0.4, -0.2) is 16.6 Å². The number of carbonyl (C=O) groups is 2. The Morgan fingerprint density at radius 1 is 1.00 bits per heavy atom. The van der Waals surface area contributed by atoms with Crippen LogP contribution in [0.3, 0.4) is 0 Å². The largest absolute Gasteiger partial charge is 0.417 e. The summed E-state index contributed by atoms with van der Waals surface area (Å²) in [5, 5.41) is 0. The lowest BCUT2D eigenvalue weighted by Crippen LogP contribution is -2.24. The van der Waals surface area contributed by atoms with Crippen LogP contribution in [0.1, 0.15) is 30.1 Å². The molecule has 0 fully saturated rings. The number of allylic oxidation sites excluding steroid dienone is 4. The van der Waals surface area contributed by atoms with E-state index in [0.717, 1.165) is 0 Å². The molecule has 0 bridgehead atoms. The fourth-order valence-corrected chi connectivity index (χ4v) is 1.73. The average Bonchev–Trinajstić information content (AvgIpc) is 2.65. The third-order valence-corrected chi connectivity index (χ3v) is 2.44. The standard InChI is InChI=1S/C11H9NO4/c1-3-5-6(4-2)10-7(9(14)8(5)13)12-11(15)16-10/h3-4H,1-2H3,(H,12,15)/b5-3+,6-4+. The van der Waals surface area contributed by atoms with Gasteiger partial charge in [0.05, 0.1) is 0 Å². The molecule has 5 heteroatoms. The third kappa shape index (κ3) is 1.21. The first kappa shape index (κ1) is 10.4. The second kappa shape index (κ2) is 3.44.